The third kappa shape index (κ3) is 17.4. The SMILES string of the molecule is C.C.C.C.O=C(CC1(CCc2ccccc2)C2CC3CC(C2)CC1C3)N1CC(O)C1.O=C(CC1(c2ccc(F)cc2)C2CC3CC(C2)CC1C3)N1CC(Oc2ccccc2)C1.O=C(CC1(c2ccc(F)cc2)CC2CCC1C2)N1CC(O)C1.O=C(CC1CN(C(=O)CC2(c3ccc(F)cc3)C3CC4CC(C3)CC2C4)C1)OCc1ccccc1. The molecule has 4 heterocycles. The van der Waals surface area contributed by atoms with Gasteiger partial charge in [0.25, 0.3) is 0 Å². The number of esters is 1. The highest BCUT2D eigenvalue weighted by Gasteiger charge is 2.62. The molecular formula is C102H133F3N4O9. The molecule has 6 aromatic rings. The highest BCUT2D eigenvalue weighted by atomic mass is 19.1. The summed E-state index contributed by atoms with van der Waals surface area (Å²) in [4.78, 5) is 72.4. The van der Waals surface area contributed by atoms with Gasteiger partial charge < -0.3 is 39.3 Å². The quantitative estimate of drug-likeness (QED) is 0.0710. The topological polar surface area (TPSA) is 157 Å². The normalized spacial score (nSPS) is 33.0. The molecule has 14 bridgehead atoms. The summed E-state index contributed by atoms with van der Waals surface area (Å²) in [5.74, 6) is 11.1. The number of hydrogen-bond acceptors (Lipinski definition) is 9. The van der Waals surface area contributed by atoms with Crippen LogP contribution in [0.4, 0.5) is 13.2 Å². The molecule has 6 aromatic carbocycles. The largest absolute Gasteiger partial charge is 0.487 e. The number of β-amino-alcohol motifs (C(OH)–C–C–N with tert-alkyl or cyclic N) is 2. The summed E-state index contributed by atoms with van der Waals surface area (Å²) in [5, 5.41) is 19.0. The van der Waals surface area contributed by atoms with E-state index in [4.69, 9.17) is 9.47 Å². The molecule has 0 aromatic heterocycles. The van der Waals surface area contributed by atoms with Crippen molar-refractivity contribution in [2.24, 2.45) is 94.2 Å². The summed E-state index contributed by atoms with van der Waals surface area (Å²) in [5.41, 5.74) is 5.66. The number of hydrogen-bond donors (Lipinski definition) is 2. The number of aryl methyl sites for hydroxylation is 1. The highest BCUT2D eigenvalue weighted by Crippen LogP contribution is 2.68. The minimum absolute atomic E-state index is 0. The van der Waals surface area contributed by atoms with Crippen molar-refractivity contribution in [3.8, 4) is 5.75 Å². The number of fused-ring (bicyclic) bond motifs is 2. The fraction of sp³-hybridized carbons (Fsp3) is 0.598. The molecule has 18 aliphatic rings. The number of halogens is 3. The molecule has 3 atom stereocenters. The lowest BCUT2D eigenvalue weighted by Crippen LogP contribution is -2.60. The van der Waals surface area contributed by atoms with Gasteiger partial charge in [0.05, 0.1) is 31.7 Å². The Kier molecular flexibility index (Phi) is 26.5. The fourth-order valence-corrected chi connectivity index (χ4v) is 27.3. The van der Waals surface area contributed by atoms with E-state index in [-0.39, 0.29) is 117 Å². The van der Waals surface area contributed by atoms with Gasteiger partial charge in [-0.1, -0.05) is 151 Å². The van der Waals surface area contributed by atoms with Crippen molar-refractivity contribution in [3.05, 3.63) is 209 Å². The molecule has 118 heavy (non-hydrogen) atoms. The first-order chi connectivity index (χ1) is 55.3. The van der Waals surface area contributed by atoms with Crippen molar-refractivity contribution < 1.29 is 56.8 Å². The van der Waals surface area contributed by atoms with Crippen LogP contribution < -0.4 is 4.74 Å². The Labute approximate surface area is 701 Å². The molecule has 14 aliphatic carbocycles. The smallest absolute Gasteiger partial charge is 0.306 e. The Bertz CT molecular complexity index is 4290. The van der Waals surface area contributed by atoms with Crippen molar-refractivity contribution >= 4 is 29.6 Å². The Balaban J connectivity index is 0.000000129. The van der Waals surface area contributed by atoms with Crippen LogP contribution in [0, 0.1) is 112 Å². The Morgan fingerprint density at radius 3 is 1.14 bits per heavy atom. The van der Waals surface area contributed by atoms with E-state index in [1.165, 1.54) is 139 Å². The zero-order valence-electron chi connectivity index (χ0n) is 66.4. The van der Waals surface area contributed by atoms with E-state index in [9.17, 15) is 47.4 Å². The number of amides is 4. The molecule has 3 unspecified atom stereocenters. The lowest BCUT2D eigenvalue weighted by atomic mass is 9.43. The van der Waals surface area contributed by atoms with E-state index >= 15 is 0 Å². The summed E-state index contributed by atoms with van der Waals surface area (Å²) in [6.45, 7) is 4.89. The van der Waals surface area contributed by atoms with E-state index in [2.05, 4.69) is 30.3 Å². The van der Waals surface area contributed by atoms with Crippen LogP contribution in [0.5, 0.6) is 5.75 Å². The summed E-state index contributed by atoms with van der Waals surface area (Å²) in [6.07, 6.45) is 28.4. The van der Waals surface area contributed by atoms with E-state index < -0.39 is 0 Å². The van der Waals surface area contributed by atoms with Gasteiger partial charge >= 0.3 is 5.97 Å². The second-order valence-electron chi connectivity index (χ2n) is 38.9. The summed E-state index contributed by atoms with van der Waals surface area (Å²) in [6, 6.07) is 51.2. The van der Waals surface area contributed by atoms with Crippen LogP contribution in [-0.2, 0) is 58.0 Å². The van der Waals surface area contributed by atoms with Gasteiger partial charge in [0.15, 0.2) is 0 Å². The number of likely N-dealkylation sites (tertiary alicyclic amines) is 4. The predicted molar refractivity (Wildman–Crippen MR) is 457 cm³/mol. The molecule has 2 N–H and O–H groups in total. The van der Waals surface area contributed by atoms with E-state index in [1.54, 1.807) is 29.2 Å². The first kappa shape index (κ1) is 86.6. The Hall–Kier alpha value is -7.82. The van der Waals surface area contributed by atoms with Crippen molar-refractivity contribution in [1.82, 2.24) is 19.6 Å². The second kappa shape index (κ2) is 36.1. The minimum atomic E-state index is -0.356. The predicted octanol–water partition coefficient (Wildman–Crippen LogP) is 19.4. The van der Waals surface area contributed by atoms with Crippen LogP contribution in [-0.4, -0.2) is 130 Å². The van der Waals surface area contributed by atoms with Gasteiger partial charge in [-0.15, -0.1) is 0 Å². The Morgan fingerprint density at radius 1 is 0.373 bits per heavy atom. The summed E-state index contributed by atoms with van der Waals surface area (Å²) in [7, 11) is 0. The Morgan fingerprint density at radius 2 is 0.737 bits per heavy atom. The van der Waals surface area contributed by atoms with Gasteiger partial charge in [-0.2, -0.15) is 0 Å². The van der Waals surface area contributed by atoms with Crippen LogP contribution in [0.2, 0.25) is 0 Å². The number of benzene rings is 6. The van der Waals surface area contributed by atoms with Gasteiger partial charge in [-0.3, -0.25) is 24.0 Å². The number of aliphatic hydroxyl groups is 2. The number of carbonyl (C=O) groups is 5. The van der Waals surface area contributed by atoms with Crippen molar-refractivity contribution in [3.63, 3.8) is 0 Å². The maximum atomic E-state index is 13.8. The standard InChI is InChI=1S/C30H34FNO3.C27H30FNO2.C23H31NO2.C18H22FNO2.4CH4/c31-27-8-6-24(7-9-27)30(25-11-21-10-22(13-25)14-26(30)12-21)16-28(33)32-17-23(18-32)15-29(34)35-19-20-4-2-1-3-5-20;28-23-8-6-20(7-9-23)27(21-11-18-10-19(13-21)14-22(27)12-18)15-26(30)29-16-25(17-29)31-24-4-2-1-3-5-24;25-21-14-24(15-21)22(26)13-23(7-6-16-4-2-1-3-5-16)19-9-17-8-18(11-19)12-20(23)10-17;19-15-5-3-13(4-6-15)18(8-12-1-2-14(18)7-12)9-17(22)20-10-16(21)11-20;;;;/h1-9,21-23,25-26H,10-19H2;1-9,18-19,21-22,25H,10-17H2;1-5,17-21,25H,6-15H2;3-6,12,14,16,21H,1-2,7-11H2;4*1H4. The minimum Gasteiger partial charge on any atom is -0.487 e. The number of ether oxygens (including phenoxy) is 2. The molecule has 4 aliphatic heterocycles. The number of carbonyl (C=O) groups excluding carboxylic acids is 5. The monoisotopic (exact) mass is 1620 g/mol. The third-order valence-corrected chi connectivity index (χ3v) is 32.4. The van der Waals surface area contributed by atoms with E-state index in [0.717, 1.165) is 95.5 Å². The number of nitrogens with zero attached hydrogens (tertiary/aromatic N) is 4. The molecule has 4 amide bonds. The maximum absolute atomic E-state index is 13.8. The molecule has 636 valence electrons. The molecule has 13 nitrogen and oxygen atoms in total. The lowest BCUT2D eigenvalue weighted by Gasteiger charge is -2.62. The first-order valence-corrected chi connectivity index (χ1v) is 44.0. The van der Waals surface area contributed by atoms with Crippen LogP contribution in [0.15, 0.2) is 164 Å². The van der Waals surface area contributed by atoms with Gasteiger partial charge in [-0.05, 0) is 293 Å². The third-order valence-electron chi connectivity index (χ3n) is 32.4. The van der Waals surface area contributed by atoms with Crippen molar-refractivity contribution in [2.75, 3.05) is 52.4 Å². The van der Waals surface area contributed by atoms with E-state index in [0.29, 0.717) is 126 Å². The van der Waals surface area contributed by atoms with Gasteiger partial charge in [0.1, 0.15) is 35.9 Å². The van der Waals surface area contributed by atoms with Crippen LogP contribution in [0.3, 0.4) is 0 Å². The lowest BCUT2D eigenvalue weighted by molar-refractivity contribution is -0.158. The molecule has 0 radical (unpaired) electrons. The second-order valence-corrected chi connectivity index (χ2v) is 38.9. The molecule has 18 fully saturated rings. The van der Waals surface area contributed by atoms with Crippen LogP contribution in [0.1, 0.15) is 218 Å². The molecule has 0 spiro atoms. The first-order valence-electron chi connectivity index (χ1n) is 44.0. The van der Waals surface area contributed by atoms with E-state index in [1.807, 2.05) is 112 Å². The average molecular weight is 1620 g/mol. The van der Waals surface area contributed by atoms with Gasteiger partial charge in [-0.25, -0.2) is 13.2 Å². The molecule has 24 rings (SSSR count). The maximum Gasteiger partial charge on any atom is 0.306 e. The van der Waals surface area contributed by atoms with Crippen LogP contribution in [0.25, 0.3) is 0 Å². The zero-order valence-corrected chi connectivity index (χ0v) is 66.4. The zero-order chi connectivity index (χ0) is 78.0. The molecule has 14 saturated carbocycles. The molecule has 16 heteroatoms. The number of para-hydroxylation sites is 1. The summed E-state index contributed by atoms with van der Waals surface area (Å²) < 4.78 is 52.2. The van der Waals surface area contributed by atoms with Crippen LogP contribution >= 0.6 is 0 Å². The highest BCUT2D eigenvalue weighted by molar-refractivity contribution is 5.81. The fourth-order valence-electron chi connectivity index (χ4n) is 27.3. The molecule has 4 saturated heterocycles. The summed E-state index contributed by atoms with van der Waals surface area (Å²) >= 11 is 0. The number of aliphatic hydroxyl groups excluding tert-OH is 2. The average Bonchev–Trinajstić information content (AvgIpc) is 0.979. The number of rotatable bonds is 20. The van der Waals surface area contributed by atoms with Gasteiger partial charge in [0.2, 0.25) is 23.6 Å². The van der Waals surface area contributed by atoms with Crippen molar-refractivity contribution in [1.29, 1.82) is 0 Å². The van der Waals surface area contributed by atoms with Gasteiger partial charge in [0, 0.05) is 87.1 Å². The van der Waals surface area contributed by atoms with Crippen molar-refractivity contribution in [2.45, 2.75) is 238 Å². The molecular weight excluding hydrogens is 1480 g/mol.